The average Bonchev–Trinajstić information content (AvgIpc) is 2.89. The summed E-state index contributed by atoms with van der Waals surface area (Å²) in [6.07, 6.45) is 2.46. The van der Waals surface area contributed by atoms with Crippen LogP contribution in [0.2, 0.25) is 5.02 Å². The zero-order chi connectivity index (χ0) is 15.5. The van der Waals surface area contributed by atoms with Crippen LogP contribution in [0.4, 0.5) is 10.5 Å². The summed E-state index contributed by atoms with van der Waals surface area (Å²) in [5.74, 6) is 0. The van der Waals surface area contributed by atoms with Crippen molar-refractivity contribution >= 4 is 23.3 Å². The molecule has 0 saturated carbocycles. The third kappa shape index (κ3) is 3.16. The first-order chi connectivity index (χ1) is 10.1. The lowest BCUT2D eigenvalue weighted by atomic mass is 10.0. The molecule has 1 heterocycles. The Kier molecular flexibility index (Phi) is 5.12. The first-order valence-corrected chi connectivity index (χ1v) is 7.94. The van der Waals surface area contributed by atoms with Gasteiger partial charge in [-0.3, -0.25) is 4.90 Å². The molecule has 1 unspecified atom stereocenters. The standard InChI is InChI=1S/C16H23ClN2O2/c1-4-14-11-21-16(5-2,6-3)19(14)15(20)18-13-9-7-12(17)8-10-13/h7-10,14H,4-6,11H2,1-3H3,(H,18,20). The van der Waals surface area contributed by atoms with Crippen molar-refractivity contribution in [1.82, 2.24) is 4.90 Å². The van der Waals surface area contributed by atoms with Crippen LogP contribution < -0.4 is 5.32 Å². The van der Waals surface area contributed by atoms with E-state index < -0.39 is 5.72 Å². The molecule has 116 valence electrons. The van der Waals surface area contributed by atoms with Crippen molar-refractivity contribution in [1.29, 1.82) is 0 Å². The van der Waals surface area contributed by atoms with E-state index in [1.807, 2.05) is 4.90 Å². The number of carbonyl (C=O) groups excluding carboxylic acids is 1. The Morgan fingerprint density at radius 1 is 1.33 bits per heavy atom. The van der Waals surface area contributed by atoms with Gasteiger partial charge in [0, 0.05) is 10.7 Å². The number of nitrogens with one attached hydrogen (secondary N) is 1. The van der Waals surface area contributed by atoms with E-state index in [4.69, 9.17) is 16.3 Å². The highest BCUT2D eigenvalue weighted by molar-refractivity contribution is 6.30. The molecular formula is C16H23ClN2O2. The van der Waals surface area contributed by atoms with Crippen molar-refractivity contribution in [3.63, 3.8) is 0 Å². The fourth-order valence-corrected chi connectivity index (χ4v) is 3.02. The Morgan fingerprint density at radius 2 is 1.95 bits per heavy atom. The SMILES string of the molecule is CCC1COC(CC)(CC)N1C(=O)Nc1ccc(Cl)cc1. The second kappa shape index (κ2) is 6.67. The highest BCUT2D eigenvalue weighted by atomic mass is 35.5. The van der Waals surface area contributed by atoms with Gasteiger partial charge in [-0.25, -0.2) is 4.79 Å². The van der Waals surface area contributed by atoms with Crippen LogP contribution in [0.5, 0.6) is 0 Å². The van der Waals surface area contributed by atoms with E-state index in [9.17, 15) is 4.79 Å². The number of rotatable bonds is 4. The molecule has 2 rings (SSSR count). The molecule has 0 spiro atoms. The summed E-state index contributed by atoms with van der Waals surface area (Å²) in [6, 6.07) is 7.15. The second-order valence-corrected chi connectivity index (χ2v) is 5.77. The van der Waals surface area contributed by atoms with E-state index in [2.05, 4.69) is 26.1 Å². The zero-order valence-electron chi connectivity index (χ0n) is 12.9. The number of nitrogens with zero attached hydrogens (tertiary/aromatic N) is 1. The summed E-state index contributed by atoms with van der Waals surface area (Å²) in [7, 11) is 0. The van der Waals surface area contributed by atoms with Crippen molar-refractivity contribution in [3.8, 4) is 0 Å². The van der Waals surface area contributed by atoms with Gasteiger partial charge < -0.3 is 10.1 Å². The highest BCUT2D eigenvalue weighted by Crippen LogP contribution is 2.35. The molecule has 0 radical (unpaired) electrons. The predicted octanol–water partition coefficient (Wildman–Crippen LogP) is 4.50. The quantitative estimate of drug-likeness (QED) is 0.889. The Labute approximate surface area is 131 Å². The lowest BCUT2D eigenvalue weighted by Crippen LogP contribution is -2.52. The summed E-state index contributed by atoms with van der Waals surface area (Å²) in [5, 5.41) is 3.60. The maximum Gasteiger partial charge on any atom is 0.324 e. The van der Waals surface area contributed by atoms with Crippen LogP contribution in [-0.2, 0) is 4.74 Å². The van der Waals surface area contributed by atoms with Gasteiger partial charge in [0.05, 0.1) is 12.6 Å². The summed E-state index contributed by atoms with van der Waals surface area (Å²) in [4.78, 5) is 14.6. The zero-order valence-corrected chi connectivity index (χ0v) is 13.6. The van der Waals surface area contributed by atoms with Crippen LogP contribution in [0.3, 0.4) is 0 Å². The molecular weight excluding hydrogens is 288 g/mol. The first-order valence-electron chi connectivity index (χ1n) is 7.56. The fourth-order valence-electron chi connectivity index (χ4n) is 2.89. The van der Waals surface area contributed by atoms with E-state index in [0.717, 1.165) is 24.9 Å². The number of urea groups is 1. The van der Waals surface area contributed by atoms with Crippen LogP contribution in [-0.4, -0.2) is 29.3 Å². The number of benzene rings is 1. The van der Waals surface area contributed by atoms with Crippen LogP contribution in [0.25, 0.3) is 0 Å². The van der Waals surface area contributed by atoms with Gasteiger partial charge in [-0.15, -0.1) is 0 Å². The Bertz CT molecular complexity index is 486. The first kappa shape index (κ1) is 16.1. The summed E-state index contributed by atoms with van der Waals surface area (Å²) in [6.45, 7) is 6.80. The maximum atomic E-state index is 12.7. The van der Waals surface area contributed by atoms with Crippen molar-refractivity contribution in [3.05, 3.63) is 29.3 Å². The fraction of sp³-hybridized carbons (Fsp3) is 0.562. The molecule has 1 aliphatic rings. The normalized spacial score (nSPS) is 20.6. The van der Waals surface area contributed by atoms with E-state index in [1.54, 1.807) is 24.3 Å². The predicted molar refractivity (Wildman–Crippen MR) is 85.7 cm³/mol. The number of halogens is 1. The van der Waals surface area contributed by atoms with Gasteiger partial charge in [0.15, 0.2) is 0 Å². The van der Waals surface area contributed by atoms with E-state index in [1.165, 1.54) is 0 Å². The monoisotopic (exact) mass is 310 g/mol. The lowest BCUT2D eigenvalue weighted by Gasteiger charge is -2.38. The smallest absolute Gasteiger partial charge is 0.324 e. The van der Waals surface area contributed by atoms with E-state index in [-0.39, 0.29) is 12.1 Å². The van der Waals surface area contributed by atoms with Gasteiger partial charge in [0.1, 0.15) is 5.72 Å². The molecule has 1 N–H and O–H groups in total. The van der Waals surface area contributed by atoms with E-state index in [0.29, 0.717) is 11.6 Å². The van der Waals surface area contributed by atoms with Gasteiger partial charge in [-0.05, 0) is 43.5 Å². The molecule has 21 heavy (non-hydrogen) atoms. The van der Waals surface area contributed by atoms with E-state index >= 15 is 0 Å². The summed E-state index contributed by atoms with van der Waals surface area (Å²) < 4.78 is 5.98. The third-order valence-corrected chi connectivity index (χ3v) is 4.49. The molecule has 5 heteroatoms. The number of carbonyl (C=O) groups is 1. The number of anilines is 1. The van der Waals surface area contributed by atoms with Gasteiger partial charge in [0.2, 0.25) is 0 Å². The number of hydrogen-bond donors (Lipinski definition) is 1. The van der Waals surface area contributed by atoms with Crippen molar-refractivity contribution in [2.45, 2.75) is 51.8 Å². The Hall–Kier alpha value is -1.26. The molecule has 1 atom stereocenters. The molecule has 0 aromatic heterocycles. The number of hydrogen-bond acceptors (Lipinski definition) is 2. The van der Waals surface area contributed by atoms with Crippen molar-refractivity contribution < 1.29 is 9.53 Å². The molecule has 2 amide bonds. The molecule has 1 saturated heterocycles. The van der Waals surface area contributed by atoms with Gasteiger partial charge in [-0.2, -0.15) is 0 Å². The van der Waals surface area contributed by atoms with Crippen LogP contribution in [0.1, 0.15) is 40.0 Å². The maximum absolute atomic E-state index is 12.7. The summed E-state index contributed by atoms with van der Waals surface area (Å²) >= 11 is 5.87. The third-order valence-electron chi connectivity index (χ3n) is 4.24. The molecule has 4 nitrogen and oxygen atoms in total. The Balaban J connectivity index is 2.19. The highest BCUT2D eigenvalue weighted by Gasteiger charge is 2.47. The molecule has 1 fully saturated rings. The average molecular weight is 311 g/mol. The molecule has 1 aliphatic heterocycles. The van der Waals surface area contributed by atoms with Gasteiger partial charge >= 0.3 is 6.03 Å². The van der Waals surface area contributed by atoms with Crippen LogP contribution in [0, 0.1) is 0 Å². The van der Waals surface area contributed by atoms with Gasteiger partial charge in [0.25, 0.3) is 0 Å². The minimum atomic E-state index is -0.489. The minimum absolute atomic E-state index is 0.106. The molecule has 0 bridgehead atoms. The molecule has 0 aliphatic carbocycles. The molecule has 1 aromatic rings. The largest absolute Gasteiger partial charge is 0.353 e. The molecule has 1 aromatic carbocycles. The van der Waals surface area contributed by atoms with Crippen LogP contribution >= 0.6 is 11.6 Å². The minimum Gasteiger partial charge on any atom is -0.353 e. The topological polar surface area (TPSA) is 41.6 Å². The Morgan fingerprint density at radius 3 is 2.48 bits per heavy atom. The van der Waals surface area contributed by atoms with Crippen molar-refractivity contribution in [2.75, 3.05) is 11.9 Å². The number of ether oxygens (including phenoxy) is 1. The van der Waals surface area contributed by atoms with Gasteiger partial charge in [-0.1, -0.05) is 32.4 Å². The number of amides is 2. The van der Waals surface area contributed by atoms with Crippen LogP contribution in [0.15, 0.2) is 24.3 Å². The van der Waals surface area contributed by atoms with Crippen molar-refractivity contribution in [2.24, 2.45) is 0 Å². The second-order valence-electron chi connectivity index (χ2n) is 5.33. The summed E-state index contributed by atoms with van der Waals surface area (Å²) in [5.41, 5.74) is 0.254. The lowest BCUT2D eigenvalue weighted by molar-refractivity contribution is -0.0684.